The third-order valence-electron chi connectivity index (χ3n) is 2.09. The first-order valence-corrected chi connectivity index (χ1v) is 4.98. The first-order chi connectivity index (χ1) is 7.40. The molecule has 0 atom stereocenters. The first-order valence-electron chi connectivity index (χ1n) is 4.98. The molecular formula is C12H13N3. The summed E-state index contributed by atoms with van der Waals surface area (Å²) in [5, 5.41) is 0. The standard InChI is InChI=1S/C12H13N3/c13-8-4-3-5-10-9-14-11-6-1-2-7-12(11)15-10/h1-3,5-7,9H,4,8,13H2. The van der Waals surface area contributed by atoms with Crippen molar-refractivity contribution in [3.63, 3.8) is 0 Å². The van der Waals surface area contributed by atoms with Crippen molar-refractivity contribution < 1.29 is 0 Å². The Bertz CT molecular complexity index is 477. The molecule has 0 radical (unpaired) electrons. The van der Waals surface area contributed by atoms with Crippen molar-refractivity contribution in [1.82, 2.24) is 9.97 Å². The van der Waals surface area contributed by atoms with Crippen LogP contribution in [-0.4, -0.2) is 16.5 Å². The number of benzene rings is 1. The van der Waals surface area contributed by atoms with E-state index in [1.54, 1.807) is 6.20 Å². The van der Waals surface area contributed by atoms with Crippen molar-refractivity contribution in [2.75, 3.05) is 6.54 Å². The molecule has 0 fully saturated rings. The SMILES string of the molecule is NCCC=Cc1cnc2ccccc2n1. The largest absolute Gasteiger partial charge is 0.330 e. The number of hydrogen-bond acceptors (Lipinski definition) is 3. The summed E-state index contributed by atoms with van der Waals surface area (Å²) in [6.07, 6.45) is 6.61. The molecule has 0 aliphatic carbocycles. The second-order valence-electron chi connectivity index (χ2n) is 3.26. The van der Waals surface area contributed by atoms with E-state index in [1.807, 2.05) is 36.4 Å². The second-order valence-corrected chi connectivity index (χ2v) is 3.26. The molecule has 2 rings (SSSR count). The summed E-state index contributed by atoms with van der Waals surface area (Å²) in [5.74, 6) is 0. The van der Waals surface area contributed by atoms with E-state index in [1.165, 1.54) is 0 Å². The van der Waals surface area contributed by atoms with Gasteiger partial charge in [-0.15, -0.1) is 0 Å². The van der Waals surface area contributed by atoms with Crippen molar-refractivity contribution >= 4 is 17.1 Å². The number of nitrogens with zero attached hydrogens (tertiary/aromatic N) is 2. The lowest BCUT2D eigenvalue weighted by atomic mass is 10.3. The Morgan fingerprint density at radius 2 is 2.00 bits per heavy atom. The van der Waals surface area contributed by atoms with Gasteiger partial charge in [0.2, 0.25) is 0 Å². The number of hydrogen-bond donors (Lipinski definition) is 1. The predicted octanol–water partition coefficient (Wildman–Crippen LogP) is 1.99. The Morgan fingerprint density at radius 3 is 2.80 bits per heavy atom. The van der Waals surface area contributed by atoms with Gasteiger partial charge in [0.05, 0.1) is 22.9 Å². The van der Waals surface area contributed by atoms with Crippen LogP contribution in [0.5, 0.6) is 0 Å². The molecule has 0 saturated carbocycles. The van der Waals surface area contributed by atoms with Crippen LogP contribution in [0.1, 0.15) is 12.1 Å². The molecule has 2 aromatic rings. The lowest BCUT2D eigenvalue weighted by molar-refractivity contribution is 1.01. The van der Waals surface area contributed by atoms with E-state index >= 15 is 0 Å². The zero-order chi connectivity index (χ0) is 10.5. The van der Waals surface area contributed by atoms with Crippen LogP contribution in [-0.2, 0) is 0 Å². The molecule has 15 heavy (non-hydrogen) atoms. The van der Waals surface area contributed by atoms with Crippen LogP contribution in [0.15, 0.2) is 36.5 Å². The predicted molar refractivity (Wildman–Crippen MR) is 62.2 cm³/mol. The van der Waals surface area contributed by atoms with E-state index in [2.05, 4.69) is 9.97 Å². The average Bonchev–Trinajstić information content (AvgIpc) is 2.29. The molecule has 0 bridgehead atoms. The van der Waals surface area contributed by atoms with Crippen LogP contribution in [0, 0.1) is 0 Å². The molecule has 1 aromatic heterocycles. The third kappa shape index (κ3) is 2.39. The van der Waals surface area contributed by atoms with Gasteiger partial charge in [-0.25, -0.2) is 4.98 Å². The summed E-state index contributed by atoms with van der Waals surface area (Å²) in [4.78, 5) is 8.77. The minimum absolute atomic E-state index is 0.664. The van der Waals surface area contributed by atoms with Crippen molar-refractivity contribution in [2.24, 2.45) is 5.73 Å². The van der Waals surface area contributed by atoms with E-state index in [0.29, 0.717) is 6.54 Å². The average molecular weight is 199 g/mol. The smallest absolute Gasteiger partial charge is 0.0894 e. The fourth-order valence-electron chi connectivity index (χ4n) is 1.35. The highest BCUT2D eigenvalue weighted by Crippen LogP contribution is 2.09. The van der Waals surface area contributed by atoms with Crippen molar-refractivity contribution in [1.29, 1.82) is 0 Å². The van der Waals surface area contributed by atoms with Gasteiger partial charge < -0.3 is 5.73 Å². The van der Waals surface area contributed by atoms with Crippen LogP contribution < -0.4 is 5.73 Å². The summed E-state index contributed by atoms with van der Waals surface area (Å²) in [6, 6.07) is 7.84. The molecule has 3 heteroatoms. The molecular weight excluding hydrogens is 186 g/mol. The van der Waals surface area contributed by atoms with Crippen LogP contribution >= 0.6 is 0 Å². The minimum atomic E-state index is 0.664. The zero-order valence-corrected chi connectivity index (χ0v) is 8.43. The van der Waals surface area contributed by atoms with Crippen LogP contribution in [0.25, 0.3) is 17.1 Å². The van der Waals surface area contributed by atoms with Crippen molar-refractivity contribution in [2.45, 2.75) is 6.42 Å². The number of rotatable bonds is 3. The van der Waals surface area contributed by atoms with Gasteiger partial charge >= 0.3 is 0 Å². The summed E-state index contributed by atoms with van der Waals surface area (Å²) in [6.45, 7) is 0.664. The second kappa shape index (κ2) is 4.66. The van der Waals surface area contributed by atoms with Crippen molar-refractivity contribution in [3.8, 4) is 0 Å². The van der Waals surface area contributed by atoms with Gasteiger partial charge in [-0.2, -0.15) is 0 Å². The fraction of sp³-hybridized carbons (Fsp3) is 0.167. The van der Waals surface area contributed by atoms with Gasteiger partial charge in [0.15, 0.2) is 0 Å². The first kappa shape index (κ1) is 9.80. The maximum Gasteiger partial charge on any atom is 0.0894 e. The minimum Gasteiger partial charge on any atom is -0.330 e. The zero-order valence-electron chi connectivity index (χ0n) is 8.43. The van der Waals surface area contributed by atoms with E-state index < -0.39 is 0 Å². The molecule has 76 valence electrons. The topological polar surface area (TPSA) is 51.8 Å². The van der Waals surface area contributed by atoms with Crippen LogP contribution in [0.2, 0.25) is 0 Å². The lowest BCUT2D eigenvalue weighted by Gasteiger charge is -1.97. The number of para-hydroxylation sites is 2. The molecule has 0 aliphatic heterocycles. The molecule has 1 aromatic carbocycles. The molecule has 0 amide bonds. The highest BCUT2D eigenvalue weighted by molar-refractivity contribution is 5.74. The summed E-state index contributed by atoms with van der Waals surface area (Å²) >= 11 is 0. The van der Waals surface area contributed by atoms with Gasteiger partial charge in [0, 0.05) is 0 Å². The van der Waals surface area contributed by atoms with E-state index in [0.717, 1.165) is 23.1 Å². The van der Waals surface area contributed by atoms with Gasteiger partial charge in [0.1, 0.15) is 0 Å². The Morgan fingerprint density at radius 1 is 1.20 bits per heavy atom. The van der Waals surface area contributed by atoms with Crippen molar-refractivity contribution in [3.05, 3.63) is 42.2 Å². The Hall–Kier alpha value is -1.74. The van der Waals surface area contributed by atoms with Crippen LogP contribution in [0.3, 0.4) is 0 Å². The van der Waals surface area contributed by atoms with Crippen LogP contribution in [0.4, 0.5) is 0 Å². The molecule has 0 unspecified atom stereocenters. The maximum absolute atomic E-state index is 5.40. The highest BCUT2D eigenvalue weighted by Gasteiger charge is 1.94. The molecule has 0 spiro atoms. The quantitative estimate of drug-likeness (QED) is 0.822. The van der Waals surface area contributed by atoms with Gasteiger partial charge in [-0.3, -0.25) is 4.98 Å². The Labute approximate surface area is 88.7 Å². The van der Waals surface area contributed by atoms with E-state index in [-0.39, 0.29) is 0 Å². The summed E-state index contributed by atoms with van der Waals surface area (Å²) in [5.41, 5.74) is 8.12. The summed E-state index contributed by atoms with van der Waals surface area (Å²) in [7, 11) is 0. The molecule has 1 heterocycles. The third-order valence-corrected chi connectivity index (χ3v) is 2.09. The van der Waals surface area contributed by atoms with E-state index in [4.69, 9.17) is 5.73 Å². The number of fused-ring (bicyclic) bond motifs is 1. The molecule has 3 nitrogen and oxygen atoms in total. The fourth-order valence-corrected chi connectivity index (χ4v) is 1.35. The van der Waals surface area contributed by atoms with Gasteiger partial charge in [-0.05, 0) is 31.2 Å². The van der Waals surface area contributed by atoms with Gasteiger partial charge in [-0.1, -0.05) is 18.2 Å². The summed E-state index contributed by atoms with van der Waals surface area (Å²) < 4.78 is 0. The molecule has 0 saturated heterocycles. The monoisotopic (exact) mass is 199 g/mol. The van der Waals surface area contributed by atoms with Gasteiger partial charge in [0.25, 0.3) is 0 Å². The highest BCUT2D eigenvalue weighted by atomic mass is 14.8. The number of nitrogens with two attached hydrogens (primary N) is 1. The Balaban J connectivity index is 2.30. The van der Waals surface area contributed by atoms with E-state index in [9.17, 15) is 0 Å². The molecule has 0 aliphatic rings. The normalized spacial score (nSPS) is 11.3. The molecule has 2 N–H and O–H groups in total. The number of aromatic nitrogens is 2. The lowest BCUT2D eigenvalue weighted by Crippen LogP contribution is -1.95. The Kier molecular flexibility index (Phi) is 3.05. The maximum atomic E-state index is 5.40.